The Morgan fingerprint density at radius 1 is 0.962 bits per heavy atom. The van der Waals surface area contributed by atoms with E-state index in [1.807, 2.05) is 0 Å². The monoisotopic (exact) mass is 412 g/mol. The van der Waals surface area contributed by atoms with Gasteiger partial charge in [0.05, 0.1) is 4.91 Å². The first-order chi connectivity index (χ1) is 11.1. The first-order valence-electron chi connectivity index (χ1n) is 6.42. The van der Waals surface area contributed by atoms with E-state index in [1.165, 1.54) is 12.2 Å². The van der Waals surface area contributed by atoms with Gasteiger partial charge in [-0.3, -0.25) is 0 Å². The second-order valence-corrected chi connectivity index (χ2v) is 7.55. The van der Waals surface area contributed by atoms with Crippen molar-refractivity contribution in [3.05, 3.63) is 70.1 Å². The normalized spacial score (nSPS) is 17.5. The maximum atomic E-state index is 11.5. The number of benzene rings is 1. The Bertz CT molecular complexity index is 1010. The standard InChI is InChI=1S/C14H12N2O6S2.2Na/c15-16-12-9-8-11(7-6-10-4-2-1-3-5-10)13(23(17,18)19)14(12)24(20,21)22;;/h1-9,14H,(H,17,18,19)(H,20,21,22);;/q;2*+1/p-2. The van der Waals surface area contributed by atoms with Gasteiger partial charge < -0.3 is 14.6 Å². The summed E-state index contributed by atoms with van der Waals surface area (Å²) >= 11 is 0. The number of hydrogen-bond donors (Lipinski definition) is 0. The molecular formula is C14H10N2Na2O6S2. The molecule has 0 N–H and O–H groups in total. The number of allylic oxidation sites excluding steroid dienone is 4. The van der Waals surface area contributed by atoms with E-state index in [9.17, 15) is 25.9 Å². The minimum Gasteiger partial charge on any atom is -0.747 e. The maximum absolute atomic E-state index is 11.5. The number of rotatable bonds is 4. The van der Waals surface area contributed by atoms with E-state index in [1.54, 1.807) is 30.3 Å². The van der Waals surface area contributed by atoms with Crippen molar-refractivity contribution in [2.75, 3.05) is 0 Å². The van der Waals surface area contributed by atoms with Crippen LogP contribution >= 0.6 is 0 Å². The summed E-state index contributed by atoms with van der Waals surface area (Å²) in [6.45, 7) is 0. The molecule has 126 valence electrons. The zero-order chi connectivity index (χ0) is 18.0. The molecule has 12 heteroatoms. The molecule has 0 heterocycles. The van der Waals surface area contributed by atoms with E-state index in [-0.39, 0.29) is 64.7 Å². The van der Waals surface area contributed by atoms with Gasteiger partial charge in [-0.15, -0.1) is 0 Å². The van der Waals surface area contributed by atoms with Crippen LogP contribution in [0.15, 0.2) is 59.0 Å². The summed E-state index contributed by atoms with van der Waals surface area (Å²) in [5.74, 6) is 0. The van der Waals surface area contributed by atoms with Gasteiger partial charge in [-0.1, -0.05) is 42.5 Å². The van der Waals surface area contributed by atoms with Crippen molar-refractivity contribution in [2.24, 2.45) is 0 Å². The fourth-order valence-electron chi connectivity index (χ4n) is 2.16. The summed E-state index contributed by atoms with van der Waals surface area (Å²) < 4.78 is 68.7. The molecule has 0 spiro atoms. The van der Waals surface area contributed by atoms with E-state index in [4.69, 9.17) is 5.53 Å². The zero-order valence-electron chi connectivity index (χ0n) is 13.9. The third kappa shape index (κ3) is 6.36. The molecule has 2 rings (SSSR count). The smallest absolute Gasteiger partial charge is 0.747 e. The molecule has 1 aliphatic carbocycles. The molecule has 0 saturated carbocycles. The van der Waals surface area contributed by atoms with Gasteiger partial charge in [-0.05, 0) is 17.2 Å². The Hall–Kier alpha value is -0.360. The molecule has 8 nitrogen and oxygen atoms in total. The summed E-state index contributed by atoms with van der Waals surface area (Å²) in [7, 11) is -10.6. The topological polar surface area (TPSA) is 151 Å². The van der Waals surface area contributed by atoms with Gasteiger partial charge in [0.2, 0.25) is 0 Å². The van der Waals surface area contributed by atoms with Crippen molar-refractivity contribution < 1.29 is 89.8 Å². The Morgan fingerprint density at radius 3 is 2.00 bits per heavy atom. The van der Waals surface area contributed by atoms with Crippen LogP contribution < -0.4 is 59.1 Å². The molecule has 0 amide bonds. The van der Waals surface area contributed by atoms with Gasteiger partial charge in [0, 0.05) is 6.08 Å². The van der Waals surface area contributed by atoms with Crippen molar-refractivity contribution >= 4 is 32.0 Å². The van der Waals surface area contributed by atoms with E-state index in [0.29, 0.717) is 5.56 Å². The van der Waals surface area contributed by atoms with Crippen molar-refractivity contribution in [3.8, 4) is 0 Å². The van der Waals surface area contributed by atoms with Gasteiger partial charge >= 0.3 is 64.8 Å². The van der Waals surface area contributed by atoms with Crippen molar-refractivity contribution in [1.29, 1.82) is 0 Å². The molecule has 1 aliphatic rings. The molecule has 0 bridgehead atoms. The molecule has 1 atom stereocenters. The average molecular weight is 412 g/mol. The average Bonchev–Trinajstić information content (AvgIpc) is 2.51. The second kappa shape index (κ2) is 10.3. The largest absolute Gasteiger partial charge is 1.00 e. The fourth-order valence-corrected chi connectivity index (χ4v) is 4.49. The van der Waals surface area contributed by atoms with E-state index in [0.717, 1.165) is 12.2 Å². The van der Waals surface area contributed by atoms with Gasteiger partial charge in [0.25, 0.3) is 0 Å². The molecule has 0 saturated heterocycles. The Labute approximate surface area is 195 Å². The molecule has 0 fully saturated rings. The van der Waals surface area contributed by atoms with Crippen LogP contribution in [-0.2, 0) is 20.2 Å². The van der Waals surface area contributed by atoms with Crippen LogP contribution in [0.1, 0.15) is 5.56 Å². The first kappa shape index (κ1) is 25.6. The fraction of sp³-hybridized carbons (Fsp3) is 0.0714. The second-order valence-electron chi connectivity index (χ2n) is 4.75. The van der Waals surface area contributed by atoms with Gasteiger partial charge in [-0.2, -0.15) is 4.79 Å². The van der Waals surface area contributed by atoms with E-state index >= 15 is 0 Å². The van der Waals surface area contributed by atoms with Crippen LogP contribution in [0.5, 0.6) is 0 Å². The van der Waals surface area contributed by atoms with Gasteiger partial charge in [0.15, 0.2) is 5.25 Å². The molecule has 0 radical (unpaired) electrons. The van der Waals surface area contributed by atoms with E-state index in [2.05, 4.69) is 4.79 Å². The molecule has 1 unspecified atom stereocenters. The molecular weight excluding hydrogens is 402 g/mol. The predicted octanol–water partition coefficient (Wildman–Crippen LogP) is -5.34. The van der Waals surface area contributed by atoms with Gasteiger partial charge in [0.1, 0.15) is 20.2 Å². The molecule has 1 aromatic rings. The van der Waals surface area contributed by atoms with Crippen molar-refractivity contribution in [1.82, 2.24) is 0 Å². The van der Waals surface area contributed by atoms with Crippen LogP contribution in [0.2, 0.25) is 0 Å². The van der Waals surface area contributed by atoms with Crippen molar-refractivity contribution in [3.63, 3.8) is 0 Å². The molecule has 1 aromatic carbocycles. The molecule has 26 heavy (non-hydrogen) atoms. The molecule has 0 aromatic heterocycles. The third-order valence-corrected chi connectivity index (χ3v) is 5.37. The van der Waals surface area contributed by atoms with Crippen molar-refractivity contribution in [2.45, 2.75) is 5.25 Å². The van der Waals surface area contributed by atoms with Crippen LogP contribution in [0.4, 0.5) is 0 Å². The van der Waals surface area contributed by atoms with E-state index < -0.39 is 36.1 Å². The summed E-state index contributed by atoms with van der Waals surface area (Å²) in [5.41, 5.74) is 8.44. The summed E-state index contributed by atoms with van der Waals surface area (Å²) in [6.07, 6.45) is 4.68. The number of nitrogens with zero attached hydrogens (tertiary/aromatic N) is 2. The minimum absolute atomic E-state index is 0. The Balaban J connectivity index is 0.00000312. The predicted molar refractivity (Wildman–Crippen MR) is 83.5 cm³/mol. The SMILES string of the molecule is [N-]=[N+]=C1C=CC(C=Cc2ccccc2)=C(S(=O)(=O)[O-])C1S(=O)(=O)[O-].[Na+].[Na+]. The van der Waals surface area contributed by atoms with Crippen LogP contribution in [0, 0.1) is 0 Å². The number of hydrogen-bond acceptors (Lipinski definition) is 6. The zero-order valence-corrected chi connectivity index (χ0v) is 19.6. The van der Waals surface area contributed by atoms with Crippen LogP contribution in [0.3, 0.4) is 0 Å². The van der Waals surface area contributed by atoms with Gasteiger partial charge in [-0.25, -0.2) is 16.8 Å². The quantitative estimate of drug-likeness (QED) is 0.208. The maximum Gasteiger partial charge on any atom is 1.00 e. The van der Waals surface area contributed by atoms with Crippen LogP contribution in [-0.4, -0.2) is 41.7 Å². The minimum atomic E-state index is -5.30. The summed E-state index contributed by atoms with van der Waals surface area (Å²) in [4.78, 5) is 1.43. The Morgan fingerprint density at radius 2 is 1.54 bits per heavy atom. The first-order valence-corrected chi connectivity index (χ1v) is 9.30. The third-order valence-electron chi connectivity index (χ3n) is 3.15. The van der Waals surface area contributed by atoms with Crippen LogP contribution in [0.25, 0.3) is 11.6 Å². The molecule has 0 aliphatic heterocycles. The Kier molecular flexibility index (Phi) is 10.1. The summed E-state index contributed by atoms with van der Waals surface area (Å²) in [5, 5.41) is -2.40. The summed E-state index contributed by atoms with van der Waals surface area (Å²) in [6, 6.07) is 8.58.